The van der Waals surface area contributed by atoms with E-state index in [1.165, 1.54) is 10.6 Å². The quantitative estimate of drug-likeness (QED) is 0.914. The highest BCUT2D eigenvalue weighted by molar-refractivity contribution is 7.88. The van der Waals surface area contributed by atoms with Crippen LogP contribution in [0.15, 0.2) is 54.6 Å². The molecule has 1 atom stereocenters. The van der Waals surface area contributed by atoms with Crippen LogP contribution < -0.4 is 5.32 Å². The van der Waals surface area contributed by atoms with E-state index in [-0.39, 0.29) is 18.4 Å². The molecule has 132 valence electrons. The van der Waals surface area contributed by atoms with Crippen molar-refractivity contribution < 1.29 is 13.2 Å². The first-order chi connectivity index (χ1) is 11.9. The van der Waals surface area contributed by atoms with Crippen LogP contribution in [0.3, 0.4) is 0 Å². The molecule has 1 N–H and O–H groups in total. The number of hydrogen-bond acceptors (Lipinski definition) is 3. The fourth-order valence-corrected chi connectivity index (χ4v) is 4.07. The highest BCUT2D eigenvalue weighted by Crippen LogP contribution is 2.29. The smallest absolute Gasteiger partial charge is 0.228 e. The van der Waals surface area contributed by atoms with Gasteiger partial charge in [0.15, 0.2) is 0 Å². The number of anilines is 1. The van der Waals surface area contributed by atoms with Gasteiger partial charge in [0, 0.05) is 24.3 Å². The van der Waals surface area contributed by atoms with E-state index in [1.54, 1.807) is 0 Å². The van der Waals surface area contributed by atoms with Gasteiger partial charge in [-0.1, -0.05) is 48.5 Å². The van der Waals surface area contributed by atoms with Crippen molar-refractivity contribution in [2.45, 2.75) is 12.8 Å². The molecule has 0 bridgehead atoms. The fraction of sp³-hybridized carbons (Fsp3) is 0.316. The van der Waals surface area contributed by atoms with Crippen molar-refractivity contribution in [2.24, 2.45) is 5.92 Å². The summed E-state index contributed by atoms with van der Waals surface area (Å²) < 4.78 is 24.9. The third kappa shape index (κ3) is 4.27. The molecule has 2 aromatic rings. The minimum absolute atomic E-state index is 0.128. The van der Waals surface area contributed by atoms with Gasteiger partial charge in [0.1, 0.15) is 0 Å². The lowest BCUT2D eigenvalue weighted by molar-refractivity contribution is -0.120. The molecule has 1 amide bonds. The highest BCUT2D eigenvalue weighted by Gasteiger charge is 2.30. The van der Waals surface area contributed by atoms with Gasteiger partial charge in [-0.15, -0.1) is 0 Å². The van der Waals surface area contributed by atoms with E-state index in [9.17, 15) is 13.2 Å². The third-order valence-corrected chi connectivity index (χ3v) is 5.76. The summed E-state index contributed by atoms with van der Waals surface area (Å²) in [5.74, 6) is -0.455. The Bertz CT molecular complexity index is 850. The SMILES string of the molecule is CS(=O)(=O)N1CCC[C@H](C(=O)Nc2ccccc2-c2ccccc2)C1. The topological polar surface area (TPSA) is 66.5 Å². The second-order valence-corrected chi connectivity index (χ2v) is 8.34. The predicted octanol–water partition coefficient (Wildman–Crippen LogP) is 2.96. The number of nitrogens with one attached hydrogen (secondary N) is 1. The van der Waals surface area contributed by atoms with Gasteiger partial charge >= 0.3 is 0 Å². The Balaban J connectivity index is 1.78. The lowest BCUT2D eigenvalue weighted by atomic mass is 9.98. The van der Waals surface area contributed by atoms with Gasteiger partial charge in [-0.3, -0.25) is 4.79 Å². The lowest BCUT2D eigenvalue weighted by Gasteiger charge is -2.30. The molecule has 5 nitrogen and oxygen atoms in total. The molecule has 25 heavy (non-hydrogen) atoms. The normalized spacial score (nSPS) is 18.7. The van der Waals surface area contributed by atoms with E-state index in [4.69, 9.17) is 0 Å². The maximum Gasteiger partial charge on any atom is 0.228 e. The predicted molar refractivity (Wildman–Crippen MR) is 99.6 cm³/mol. The molecule has 1 heterocycles. The number of carbonyl (C=O) groups is 1. The van der Waals surface area contributed by atoms with Gasteiger partial charge in [-0.25, -0.2) is 12.7 Å². The summed E-state index contributed by atoms with van der Waals surface area (Å²) in [5.41, 5.74) is 2.72. The zero-order valence-corrected chi connectivity index (χ0v) is 15.0. The van der Waals surface area contributed by atoms with Crippen LogP contribution in [0.1, 0.15) is 12.8 Å². The average Bonchev–Trinajstić information content (AvgIpc) is 2.62. The summed E-state index contributed by atoms with van der Waals surface area (Å²) in [6, 6.07) is 17.5. The first-order valence-electron chi connectivity index (χ1n) is 8.35. The molecular weight excluding hydrogens is 336 g/mol. The molecule has 0 radical (unpaired) electrons. The Labute approximate surface area is 148 Å². The number of hydrogen-bond donors (Lipinski definition) is 1. The fourth-order valence-electron chi connectivity index (χ4n) is 3.15. The highest BCUT2D eigenvalue weighted by atomic mass is 32.2. The molecule has 6 heteroatoms. The van der Waals surface area contributed by atoms with Crippen LogP contribution in [0.2, 0.25) is 0 Å². The van der Waals surface area contributed by atoms with Crippen LogP contribution in [0.4, 0.5) is 5.69 Å². The Kier molecular flexibility index (Phi) is 5.20. The monoisotopic (exact) mass is 358 g/mol. The van der Waals surface area contributed by atoms with Gasteiger partial charge in [0.05, 0.1) is 12.2 Å². The summed E-state index contributed by atoms with van der Waals surface area (Å²) in [5, 5.41) is 2.99. The van der Waals surface area contributed by atoms with Gasteiger partial charge in [0.2, 0.25) is 15.9 Å². The molecule has 2 aromatic carbocycles. The number of carbonyl (C=O) groups excluding carboxylic acids is 1. The van der Waals surface area contributed by atoms with Crippen LogP contribution >= 0.6 is 0 Å². The van der Waals surface area contributed by atoms with Crippen LogP contribution in [0, 0.1) is 5.92 Å². The first-order valence-corrected chi connectivity index (χ1v) is 10.2. The summed E-state index contributed by atoms with van der Waals surface area (Å²) in [7, 11) is -3.26. The largest absolute Gasteiger partial charge is 0.325 e. The standard InChI is InChI=1S/C19H22N2O3S/c1-25(23,24)21-13-7-10-16(14-21)19(22)20-18-12-6-5-11-17(18)15-8-3-2-4-9-15/h2-6,8-9,11-12,16H,7,10,13-14H2,1H3,(H,20,22)/t16-/m0/s1. The second-order valence-electron chi connectivity index (χ2n) is 6.36. The van der Waals surface area contributed by atoms with E-state index in [0.717, 1.165) is 16.8 Å². The molecule has 0 unspecified atom stereocenters. The molecule has 1 fully saturated rings. The summed E-state index contributed by atoms with van der Waals surface area (Å²) >= 11 is 0. The van der Waals surface area contributed by atoms with Crippen molar-refractivity contribution in [1.82, 2.24) is 4.31 Å². The van der Waals surface area contributed by atoms with Crippen LogP contribution in [-0.4, -0.2) is 38.0 Å². The van der Waals surface area contributed by atoms with Gasteiger partial charge in [-0.2, -0.15) is 0 Å². The number of sulfonamides is 1. The van der Waals surface area contributed by atoms with Crippen molar-refractivity contribution in [3.8, 4) is 11.1 Å². The number of amides is 1. The Hall–Kier alpha value is -2.18. The molecule has 0 aliphatic carbocycles. The maximum atomic E-state index is 12.7. The van der Waals surface area contributed by atoms with E-state index < -0.39 is 10.0 Å². The van der Waals surface area contributed by atoms with Crippen molar-refractivity contribution in [3.05, 3.63) is 54.6 Å². The number of benzene rings is 2. The van der Waals surface area contributed by atoms with Crippen molar-refractivity contribution >= 4 is 21.6 Å². The van der Waals surface area contributed by atoms with Gasteiger partial charge in [0.25, 0.3) is 0 Å². The number of piperidine rings is 1. The van der Waals surface area contributed by atoms with E-state index in [2.05, 4.69) is 5.32 Å². The van der Waals surface area contributed by atoms with E-state index >= 15 is 0 Å². The second kappa shape index (κ2) is 7.37. The molecule has 1 aliphatic heterocycles. The van der Waals surface area contributed by atoms with E-state index in [0.29, 0.717) is 19.4 Å². The summed E-state index contributed by atoms with van der Waals surface area (Å²) in [6.45, 7) is 0.737. The Morgan fingerprint density at radius 1 is 1.08 bits per heavy atom. The lowest BCUT2D eigenvalue weighted by Crippen LogP contribution is -2.43. The minimum atomic E-state index is -3.26. The minimum Gasteiger partial charge on any atom is -0.325 e. The van der Waals surface area contributed by atoms with Crippen molar-refractivity contribution in [3.63, 3.8) is 0 Å². The zero-order chi connectivity index (χ0) is 17.9. The molecule has 0 spiro atoms. The number of nitrogens with zero attached hydrogens (tertiary/aromatic N) is 1. The van der Waals surface area contributed by atoms with Crippen molar-refractivity contribution in [1.29, 1.82) is 0 Å². The number of para-hydroxylation sites is 1. The molecule has 0 aromatic heterocycles. The average molecular weight is 358 g/mol. The Morgan fingerprint density at radius 3 is 2.48 bits per heavy atom. The first kappa shape index (κ1) is 17.6. The van der Waals surface area contributed by atoms with Gasteiger partial charge in [-0.05, 0) is 24.5 Å². The third-order valence-electron chi connectivity index (χ3n) is 4.49. The molecule has 0 saturated carbocycles. The maximum absolute atomic E-state index is 12.7. The van der Waals surface area contributed by atoms with E-state index in [1.807, 2.05) is 54.6 Å². The van der Waals surface area contributed by atoms with Gasteiger partial charge < -0.3 is 5.32 Å². The van der Waals surface area contributed by atoms with Crippen LogP contribution in [0.25, 0.3) is 11.1 Å². The Morgan fingerprint density at radius 2 is 1.76 bits per heavy atom. The summed E-state index contributed by atoms with van der Waals surface area (Å²) in [4.78, 5) is 12.7. The molecular formula is C19H22N2O3S. The summed E-state index contributed by atoms with van der Waals surface area (Å²) in [6.07, 6.45) is 2.59. The molecule has 1 aliphatic rings. The molecule has 3 rings (SSSR count). The number of rotatable bonds is 4. The molecule has 1 saturated heterocycles. The van der Waals surface area contributed by atoms with Crippen molar-refractivity contribution in [2.75, 3.05) is 24.7 Å². The van der Waals surface area contributed by atoms with Crippen LogP contribution in [0.5, 0.6) is 0 Å². The van der Waals surface area contributed by atoms with Crippen LogP contribution in [-0.2, 0) is 14.8 Å². The zero-order valence-electron chi connectivity index (χ0n) is 14.2.